The summed E-state index contributed by atoms with van der Waals surface area (Å²) in [6.45, 7) is -1.54. The molecular weight excluding hydrogens is 361 g/mol. The lowest BCUT2D eigenvalue weighted by molar-refractivity contribution is -0.176. The summed E-state index contributed by atoms with van der Waals surface area (Å²) in [5, 5.41) is 2.75. The number of benzene rings is 1. The quantitative estimate of drug-likeness (QED) is 0.786. The van der Waals surface area contributed by atoms with E-state index in [4.69, 9.17) is 0 Å². The van der Waals surface area contributed by atoms with Crippen molar-refractivity contribution < 1.29 is 32.2 Å². The van der Waals surface area contributed by atoms with E-state index in [0.29, 0.717) is 5.56 Å². The highest BCUT2D eigenvalue weighted by atomic mass is 32.1. The van der Waals surface area contributed by atoms with Gasteiger partial charge in [-0.2, -0.15) is 13.2 Å². The number of hydrogen-bond donors (Lipinski definition) is 1. The fraction of sp³-hybridized carbons (Fsp3) is 0.267. The Hall–Kier alpha value is -2.46. The van der Waals surface area contributed by atoms with Gasteiger partial charge in [0.25, 0.3) is 5.91 Å². The third-order valence-corrected chi connectivity index (χ3v) is 3.76. The van der Waals surface area contributed by atoms with Crippen molar-refractivity contribution in [1.29, 1.82) is 0 Å². The predicted molar refractivity (Wildman–Crippen MR) is 83.6 cm³/mol. The van der Waals surface area contributed by atoms with E-state index in [1.54, 1.807) is 0 Å². The van der Waals surface area contributed by atoms with Crippen LogP contribution in [0.3, 0.4) is 0 Å². The van der Waals surface area contributed by atoms with Gasteiger partial charge >= 0.3 is 12.1 Å². The van der Waals surface area contributed by atoms with E-state index in [1.165, 1.54) is 37.6 Å². The van der Waals surface area contributed by atoms with Crippen molar-refractivity contribution in [3.8, 4) is 0 Å². The lowest BCUT2D eigenvalue weighted by Crippen LogP contribution is -2.16. The molecule has 0 unspecified atom stereocenters. The number of esters is 1. The Morgan fingerprint density at radius 1 is 1.24 bits per heavy atom. The Balaban J connectivity index is 1.91. The lowest BCUT2D eigenvalue weighted by atomic mass is 10.1. The highest BCUT2D eigenvalue weighted by Crippen LogP contribution is 2.20. The number of carbonyl (C=O) groups is 2. The molecule has 134 valence electrons. The number of amides is 1. The minimum absolute atomic E-state index is 0.212. The second-order valence-corrected chi connectivity index (χ2v) is 5.81. The zero-order chi connectivity index (χ0) is 18.4. The van der Waals surface area contributed by atoms with E-state index in [0.717, 1.165) is 11.3 Å². The van der Waals surface area contributed by atoms with Gasteiger partial charge in [-0.1, -0.05) is 23.5 Å². The Morgan fingerprint density at radius 2 is 1.92 bits per heavy atom. The molecule has 1 amide bonds. The van der Waals surface area contributed by atoms with Gasteiger partial charge in [0, 0.05) is 5.56 Å². The van der Waals surface area contributed by atoms with Crippen molar-refractivity contribution in [3.05, 3.63) is 46.5 Å². The number of aromatic nitrogens is 1. The summed E-state index contributed by atoms with van der Waals surface area (Å²) in [6, 6.07) is 5.90. The molecule has 0 bridgehead atoms. The summed E-state index contributed by atoms with van der Waals surface area (Å²) in [6.07, 6.45) is -3.09. The molecule has 0 fully saturated rings. The maximum absolute atomic E-state index is 12.1. The van der Waals surface area contributed by atoms with Gasteiger partial charge < -0.3 is 9.47 Å². The molecule has 0 aliphatic heterocycles. The number of halogens is 3. The first-order valence-corrected chi connectivity index (χ1v) is 7.69. The van der Waals surface area contributed by atoms with E-state index < -0.39 is 24.7 Å². The topological polar surface area (TPSA) is 77.5 Å². The minimum Gasteiger partial charge on any atom is -0.465 e. The van der Waals surface area contributed by atoms with Gasteiger partial charge in [0.05, 0.1) is 19.9 Å². The fourth-order valence-corrected chi connectivity index (χ4v) is 2.46. The Morgan fingerprint density at radius 3 is 2.52 bits per heavy atom. The smallest absolute Gasteiger partial charge is 0.411 e. The Labute approximate surface area is 144 Å². The van der Waals surface area contributed by atoms with Gasteiger partial charge in [-0.3, -0.25) is 10.1 Å². The number of anilines is 1. The van der Waals surface area contributed by atoms with E-state index in [9.17, 15) is 22.8 Å². The number of rotatable bonds is 6. The van der Waals surface area contributed by atoms with Crippen LogP contribution >= 0.6 is 11.3 Å². The van der Waals surface area contributed by atoms with Crippen molar-refractivity contribution in [2.75, 3.05) is 19.0 Å². The molecule has 10 heteroatoms. The molecule has 25 heavy (non-hydrogen) atoms. The molecule has 1 heterocycles. The highest BCUT2D eigenvalue weighted by Gasteiger charge is 2.27. The molecule has 0 aliphatic rings. The molecule has 0 aliphatic carbocycles. The van der Waals surface area contributed by atoms with E-state index in [1.807, 2.05) is 0 Å². The number of alkyl halides is 3. The van der Waals surface area contributed by atoms with E-state index >= 15 is 0 Å². The van der Waals surface area contributed by atoms with Crippen LogP contribution in [0.25, 0.3) is 0 Å². The largest absolute Gasteiger partial charge is 0.465 e. The van der Waals surface area contributed by atoms with Gasteiger partial charge in [-0.15, -0.1) is 0 Å². The van der Waals surface area contributed by atoms with Crippen molar-refractivity contribution >= 4 is 28.3 Å². The minimum atomic E-state index is -4.38. The van der Waals surface area contributed by atoms with Crippen LogP contribution in [0.1, 0.15) is 25.6 Å². The van der Waals surface area contributed by atoms with Gasteiger partial charge in [-0.25, -0.2) is 9.78 Å². The van der Waals surface area contributed by atoms with Crippen LogP contribution in [-0.4, -0.2) is 36.8 Å². The zero-order valence-electron chi connectivity index (χ0n) is 12.9. The number of thiazole rings is 1. The second-order valence-electron chi connectivity index (χ2n) is 4.78. The van der Waals surface area contributed by atoms with Crippen molar-refractivity contribution in [1.82, 2.24) is 4.98 Å². The van der Waals surface area contributed by atoms with Gasteiger partial charge in [0.1, 0.15) is 11.5 Å². The van der Waals surface area contributed by atoms with Crippen LogP contribution in [0.4, 0.5) is 18.3 Å². The summed E-state index contributed by atoms with van der Waals surface area (Å²) in [4.78, 5) is 27.5. The average Bonchev–Trinajstić information content (AvgIpc) is 3.02. The predicted octanol–water partition coefficient (Wildman–Crippen LogP) is 3.26. The van der Waals surface area contributed by atoms with Crippen molar-refractivity contribution in [3.63, 3.8) is 0 Å². The maximum Gasteiger partial charge on any atom is 0.411 e. The van der Waals surface area contributed by atoms with Gasteiger partial charge in [0.2, 0.25) is 0 Å². The van der Waals surface area contributed by atoms with Gasteiger partial charge in [-0.05, 0) is 17.7 Å². The lowest BCUT2D eigenvalue weighted by Gasteiger charge is -2.08. The molecule has 0 spiro atoms. The molecular formula is C15H13F3N2O4S. The Kier molecular flexibility index (Phi) is 6.10. The maximum atomic E-state index is 12.1. The fourth-order valence-electron chi connectivity index (χ4n) is 1.73. The van der Waals surface area contributed by atoms with E-state index in [-0.39, 0.29) is 22.2 Å². The molecule has 1 aromatic heterocycles. The van der Waals surface area contributed by atoms with Crippen LogP contribution < -0.4 is 5.32 Å². The van der Waals surface area contributed by atoms with Crippen LogP contribution in [0, 0.1) is 0 Å². The van der Waals surface area contributed by atoms with Crippen LogP contribution in [0.2, 0.25) is 0 Å². The third kappa shape index (κ3) is 5.84. The molecule has 0 saturated carbocycles. The number of nitrogens with one attached hydrogen (secondary N) is 1. The summed E-state index contributed by atoms with van der Waals surface area (Å²) in [5.74, 6) is -1.02. The number of ether oxygens (including phenoxy) is 2. The first-order valence-electron chi connectivity index (χ1n) is 6.87. The molecule has 0 radical (unpaired) electrons. The highest BCUT2D eigenvalue weighted by molar-refractivity contribution is 7.17. The van der Waals surface area contributed by atoms with Gasteiger partial charge in [0.15, 0.2) is 5.13 Å². The molecule has 0 atom stereocenters. The van der Waals surface area contributed by atoms with Crippen LogP contribution in [0.15, 0.2) is 30.5 Å². The number of methoxy groups -OCH3 is 1. The molecule has 2 aromatic rings. The summed E-state index contributed by atoms with van der Waals surface area (Å²) in [5.41, 5.74) is 0.789. The number of carbonyl (C=O) groups excluding carboxylic acids is 2. The molecule has 0 saturated heterocycles. The standard InChI is InChI=1S/C15H13F3N2O4S/c1-23-13(22)11-6-19-14(25-11)20-12(21)10-4-2-9(3-5-10)7-24-8-15(16,17)18/h2-6H,7-8H2,1H3,(H,19,20,21). The van der Waals surface area contributed by atoms with Crippen LogP contribution in [-0.2, 0) is 16.1 Å². The third-order valence-electron chi connectivity index (χ3n) is 2.86. The monoisotopic (exact) mass is 374 g/mol. The normalized spacial score (nSPS) is 11.2. The van der Waals surface area contributed by atoms with Crippen molar-refractivity contribution in [2.24, 2.45) is 0 Å². The van der Waals surface area contributed by atoms with E-state index in [2.05, 4.69) is 19.8 Å². The number of hydrogen-bond acceptors (Lipinski definition) is 6. The molecule has 1 N–H and O–H groups in total. The molecule has 1 aromatic carbocycles. The first kappa shape index (κ1) is 18.9. The SMILES string of the molecule is COC(=O)c1cnc(NC(=O)c2ccc(COCC(F)(F)F)cc2)s1. The summed E-state index contributed by atoms with van der Waals surface area (Å²) < 4.78 is 45.1. The summed E-state index contributed by atoms with van der Waals surface area (Å²) >= 11 is 0.961. The summed E-state index contributed by atoms with van der Waals surface area (Å²) in [7, 11) is 1.24. The average molecular weight is 374 g/mol. The molecule has 2 rings (SSSR count). The first-order chi connectivity index (χ1) is 11.8. The van der Waals surface area contributed by atoms with Crippen molar-refractivity contribution in [2.45, 2.75) is 12.8 Å². The number of nitrogens with zero attached hydrogens (tertiary/aromatic N) is 1. The Bertz CT molecular complexity index is 744. The zero-order valence-corrected chi connectivity index (χ0v) is 13.7. The molecule has 6 nitrogen and oxygen atoms in total. The second kappa shape index (κ2) is 8.08. The van der Waals surface area contributed by atoms with Crippen LogP contribution in [0.5, 0.6) is 0 Å².